The van der Waals surface area contributed by atoms with Crippen LogP contribution in [0.2, 0.25) is 10.0 Å². The van der Waals surface area contributed by atoms with E-state index in [0.29, 0.717) is 35.4 Å². The van der Waals surface area contributed by atoms with Crippen molar-refractivity contribution in [2.75, 3.05) is 46.6 Å². The third-order valence-corrected chi connectivity index (χ3v) is 14.4. The third-order valence-electron chi connectivity index (χ3n) is 12.6. The Hall–Kier alpha value is -5.30. The van der Waals surface area contributed by atoms with Gasteiger partial charge >= 0.3 is 5.97 Å². The smallest absolute Gasteiger partial charge is 0.337 e. The summed E-state index contributed by atoms with van der Waals surface area (Å²) in [5.41, 5.74) is 11.4. The van der Waals surface area contributed by atoms with Gasteiger partial charge in [0.2, 0.25) is 0 Å². The fourth-order valence-corrected chi connectivity index (χ4v) is 11.0. The number of aromatic nitrogens is 3. The fourth-order valence-electron chi connectivity index (χ4n) is 9.25. The predicted octanol–water partition coefficient (Wildman–Crippen LogP) is 11.5. The van der Waals surface area contributed by atoms with Crippen LogP contribution >= 0.6 is 34.5 Å². The molecule has 10 nitrogen and oxygen atoms in total. The summed E-state index contributed by atoms with van der Waals surface area (Å²) in [5.74, 6) is 3.05. The van der Waals surface area contributed by atoms with Gasteiger partial charge in [-0.25, -0.2) is 4.79 Å². The van der Waals surface area contributed by atoms with Crippen LogP contribution in [-0.4, -0.2) is 84.0 Å². The Morgan fingerprint density at radius 3 is 2.42 bits per heavy atom. The molecule has 2 aromatic heterocycles. The Kier molecular flexibility index (Phi) is 13.6. The van der Waals surface area contributed by atoms with Crippen molar-refractivity contribution in [3.63, 3.8) is 0 Å². The molecule has 2 atom stereocenters. The van der Waals surface area contributed by atoms with E-state index in [1.165, 1.54) is 17.6 Å². The van der Waals surface area contributed by atoms with Gasteiger partial charge in [-0.1, -0.05) is 47.5 Å². The summed E-state index contributed by atoms with van der Waals surface area (Å²) in [4.78, 5) is 21.3. The highest BCUT2D eigenvalue weighted by molar-refractivity contribution is 7.15. The molecule has 0 bridgehead atoms. The van der Waals surface area contributed by atoms with Crippen LogP contribution in [-0.2, 0) is 15.9 Å². The van der Waals surface area contributed by atoms with E-state index < -0.39 is 0 Å². The number of aryl methyl sites for hydroxylation is 3. The van der Waals surface area contributed by atoms with Crippen molar-refractivity contribution in [3.05, 3.63) is 156 Å². The molecule has 0 N–H and O–H groups in total. The first-order chi connectivity index (χ1) is 31.6. The molecular formula is C52H53Cl2N5O5S. The zero-order valence-corrected chi connectivity index (χ0v) is 39.8. The maximum absolute atomic E-state index is 12.4. The van der Waals surface area contributed by atoms with Crippen LogP contribution in [0.1, 0.15) is 104 Å². The molecule has 4 aromatic carbocycles. The number of fused-ring (bicyclic) bond motifs is 4. The van der Waals surface area contributed by atoms with Gasteiger partial charge in [-0.2, -0.15) is 0 Å². The lowest BCUT2D eigenvalue weighted by molar-refractivity contribution is 0.0600. The van der Waals surface area contributed by atoms with Gasteiger partial charge in [-0.05, 0) is 159 Å². The Balaban J connectivity index is 0.753. The summed E-state index contributed by atoms with van der Waals surface area (Å²) in [6, 6.07) is 28.0. The molecule has 0 spiro atoms. The highest BCUT2D eigenvalue weighted by Crippen LogP contribution is 2.43. The number of carbonyl (C=O) groups is 1. The summed E-state index contributed by atoms with van der Waals surface area (Å²) >= 11 is 14.9. The molecule has 0 saturated carbocycles. The van der Waals surface area contributed by atoms with Crippen LogP contribution < -0.4 is 9.47 Å². The van der Waals surface area contributed by atoms with Gasteiger partial charge in [0.15, 0.2) is 5.82 Å². The maximum atomic E-state index is 12.4. The molecule has 3 aliphatic rings. The van der Waals surface area contributed by atoms with Crippen LogP contribution in [0.5, 0.6) is 11.5 Å². The zero-order valence-electron chi connectivity index (χ0n) is 37.5. The third kappa shape index (κ3) is 9.53. The topological polar surface area (TPSA) is 100 Å². The number of thiophene rings is 1. The lowest BCUT2D eigenvalue weighted by atomic mass is 9.87. The minimum absolute atomic E-state index is 0.114. The molecule has 1 saturated heterocycles. The highest BCUT2D eigenvalue weighted by atomic mass is 35.5. The van der Waals surface area contributed by atoms with Crippen molar-refractivity contribution in [2.24, 2.45) is 4.99 Å². The van der Waals surface area contributed by atoms with Crippen molar-refractivity contribution in [1.29, 1.82) is 0 Å². The van der Waals surface area contributed by atoms with Crippen molar-refractivity contribution in [1.82, 2.24) is 19.7 Å². The largest absolute Gasteiger partial charge is 0.491 e. The quantitative estimate of drug-likeness (QED) is 0.0786. The summed E-state index contributed by atoms with van der Waals surface area (Å²) in [6.07, 6.45) is 4.58. The second-order valence-electron chi connectivity index (χ2n) is 16.9. The number of halogens is 2. The molecule has 2 aliphatic heterocycles. The number of ether oxygens (including phenoxy) is 4. The van der Waals surface area contributed by atoms with Crippen LogP contribution in [0.25, 0.3) is 16.1 Å². The summed E-state index contributed by atoms with van der Waals surface area (Å²) < 4.78 is 25.8. The number of allylic oxidation sites excluding steroid dienone is 1. The average molecular weight is 931 g/mol. The van der Waals surface area contributed by atoms with E-state index >= 15 is 0 Å². The normalized spacial score (nSPS) is 17.2. The molecule has 65 heavy (non-hydrogen) atoms. The number of hydrogen-bond donors (Lipinski definition) is 0. The van der Waals surface area contributed by atoms with Gasteiger partial charge in [0.05, 0.1) is 25.0 Å². The molecular weight excluding hydrogens is 878 g/mol. The number of carbonyl (C=O) groups excluding carboxylic acids is 1. The number of methoxy groups -OCH3 is 1. The number of benzene rings is 4. The monoisotopic (exact) mass is 929 g/mol. The van der Waals surface area contributed by atoms with Gasteiger partial charge in [-0.15, -0.1) is 21.5 Å². The second-order valence-corrected chi connectivity index (χ2v) is 19.0. The summed E-state index contributed by atoms with van der Waals surface area (Å²) in [7, 11) is 1.41. The first kappa shape index (κ1) is 44.9. The average Bonchev–Trinajstić information content (AvgIpc) is 3.94. The molecule has 336 valence electrons. The molecule has 9 rings (SSSR count). The molecule has 0 radical (unpaired) electrons. The predicted molar refractivity (Wildman–Crippen MR) is 260 cm³/mol. The SMILES string of the molecule is COC(=O)c1ccc2c(c1)CCCC(c1ccc(Cl)cc1Cl)=C2c1ccc(O[C@H]2CCN(CCCOCCOc3ccc(C4=N[C@@H](C)c5nnc(C)n5-c5sc(C)c(C)c54)cc3)C2)cc1. The van der Waals surface area contributed by atoms with Crippen molar-refractivity contribution in [3.8, 4) is 16.5 Å². The molecule has 13 heteroatoms. The van der Waals surface area contributed by atoms with E-state index in [4.69, 9.17) is 47.1 Å². The van der Waals surface area contributed by atoms with Gasteiger partial charge in [0.1, 0.15) is 41.1 Å². The lowest BCUT2D eigenvalue weighted by Gasteiger charge is -2.19. The van der Waals surface area contributed by atoms with E-state index in [1.54, 1.807) is 17.4 Å². The second kappa shape index (κ2) is 19.7. The molecule has 4 heterocycles. The Bertz CT molecular complexity index is 2780. The van der Waals surface area contributed by atoms with Crippen LogP contribution in [0.3, 0.4) is 0 Å². The van der Waals surface area contributed by atoms with Crippen LogP contribution in [0, 0.1) is 20.8 Å². The molecule has 0 amide bonds. The van der Waals surface area contributed by atoms with E-state index in [1.807, 2.05) is 49.4 Å². The fraction of sp³-hybridized carbons (Fsp3) is 0.346. The number of rotatable bonds is 14. The maximum Gasteiger partial charge on any atom is 0.337 e. The lowest BCUT2D eigenvalue weighted by Crippen LogP contribution is -2.26. The number of likely N-dealkylation sites (tertiary alicyclic amines) is 1. The Morgan fingerprint density at radius 1 is 0.862 bits per heavy atom. The van der Waals surface area contributed by atoms with Crippen LogP contribution in [0.4, 0.5) is 0 Å². The Labute approximate surface area is 394 Å². The number of hydrogen-bond acceptors (Lipinski definition) is 10. The van der Waals surface area contributed by atoms with Crippen LogP contribution in [0.15, 0.2) is 89.9 Å². The van der Waals surface area contributed by atoms with Crippen molar-refractivity contribution < 1.29 is 23.7 Å². The number of aliphatic imine (C=N–C) groups is 1. The van der Waals surface area contributed by atoms with Gasteiger partial charge in [-0.3, -0.25) is 14.5 Å². The minimum atomic E-state index is -0.341. The zero-order chi connectivity index (χ0) is 45.2. The standard InChI is InChI=1S/C52H53Cl2N5O5S/c1-31-33(3)65-51-47(31)49(55-32(2)50-57-56-34(4)59(50)51)36-12-16-40(17-13-36)63-27-26-62-25-7-23-58-24-22-42(30-58)64-41-18-10-35(11-19-41)48-43-20-14-38(52(60)61-5)28-37(43)8-6-9-45(48)44-21-15-39(53)29-46(44)54/h10-21,28-29,32,42H,6-9,22-27,30H2,1-5H3/t32-,42-/m0/s1. The number of esters is 1. The van der Waals surface area contributed by atoms with E-state index in [0.717, 1.165) is 130 Å². The molecule has 1 aliphatic carbocycles. The Morgan fingerprint density at radius 2 is 1.63 bits per heavy atom. The van der Waals surface area contributed by atoms with Gasteiger partial charge in [0.25, 0.3) is 0 Å². The van der Waals surface area contributed by atoms with E-state index in [9.17, 15) is 4.79 Å². The van der Waals surface area contributed by atoms with E-state index in [2.05, 4.69) is 76.8 Å². The highest BCUT2D eigenvalue weighted by Gasteiger charge is 2.30. The first-order valence-electron chi connectivity index (χ1n) is 22.4. The summed E-state index contributed by atoms with van der Waals surface area (Å²) in [6.45, 7) is 12.9. The van der Waals surface area contributed by atoms with Crippen molar-refractivity contribution in [2.45, 2.75) is 71.9 Å². The van der Waals surface area contributed by atoms with Crippen molar-refractivity contribution >= 4 is 57.4 Å². The summed E-state index contributed by atoms with van der Waals surface area (Å²) in [5, 5.41) is 11.2. The molecule has 1 fully saturated rings. The van der Waals surface area contributed by atoms with Gasteiger partial charge < -0.3 is 18.9 Å². The minimum Gasteiger partial charge on any atom is -0.491 e. The van der Waals surface area contributed by atoms with Gasteiger partial charge in [0, 0.05) is 52.3 Å². The van der Waals surface area contributed by atoms with E-state index in [-0.39, 0.29) is 18.1 Å². The molecule has 6 aromatic rings. The number of nitrogens with zero attached hydrogens (tertiary/aromatic N) is 5. The first-order valence-corrected chi connectivity index (χ1v) is 23.9. The molecule has 0 unspecified atom stereocenters.